The van der Waals surface area contributed by atoms with Gasteiger partial charge >= 0.3 is 0 Å². The number of amides is 1. The summed E-state index contributed by atoms with van der Waals surface area (Å²) >= 11 is 0. The summed E-state index contributed by atoms with van der Waals surface area (Å²) in [6.45, 7) is 4.96. The summed E-state index contributed by atoms with van der Waals surface area (Å²) < 4.78 is 14.5. The number of aromatic nitrogens is 2. The van der Waals surface area contributed by atoms with Gasteiger partial charge in [-0.1, -0.05) is 13.8 Å². The van der Waals surface area contributed by atoms with Gasteiger partial charge in [0.15, 0.2) is 5.82 Å². The van der Waals surface area contributed by atoms with E-state index < -0.39 is 5.82 Å². The highest BCUT2D eigenvalue weighted by Gasteiger charge is 2.25. The first-order chi connectivity index (χ1) is 11.0. The van der Waals surface area contributed by atoms with E-state index in [-0.39, 0.29) is 17.9 Å². The van der Waals surface area contributed by atoms with Crippen LogP contribution in [0.1, 0.15) is 26.7 Å². The molecule has 1 aliphatic rings. The number of pyridine rings is 1. The normalized spacial score (nSPS) is 18.7. The van der Waals surface area contributed by atoms with Crippen molar-refractivity contribution in [3.8, 4) is 0 Å². The number of anilines is 2. The fraction of sp³-hybridized carbons (Fsp3) is 0.500. The first kappa shape index (κ1) is 15.7. The number of rotatable bonds is 3. The molecule has 0 aliphatic carbocycles. The molecule has 4 N–H and O–H groups in total. The highest BCUT2D eigenvalue weighted by molar-refractivity contribution is 6.06. The first-order valence-corrected chi connectivity index (χ1v) is 7.94. The predicted octanol–water partition coefficient (Wildman–Crippen LogP) is 2.22. The maximum absolute atomic E-state index is 14.5. The molecule has 124 valence electrons. The number of nitrogens with zero attached hydrogens (tertiary/aromatic N) is 2. The van der Waals surface area contributed by atoms with E-state index >= 15 is 0 Å². The van der Waals surface area contributed by atoms with Crippen LogP contribution < -0.4 is 16.0 Å². The van der Waals surface area contributed by atoms with Crippen molar-refractivity contribution < 1.29 is 9.18 Å². The van der Waals surface area contributed by atoms with E-state index in [1.165, 1.54) is 6.20 Å². The summed E-state index contributed by atoms with van der Waals surface area (Å²) in [5.74, 6) is -0.670. The zero-order valence-corrected chi connectivity index (χ0v) is 13.4. The number of aromatic amines is 1. The van der Waals surface area contributed by atoms with Crippen molar-refractivity contribution in [2.45, 2.75) is 32.7 Å². The van der Waals surface area contributed by atoms with Gasteiger partial charge in [-0.2, -0.15) is 0 Å². The van der Waals surface area contributed by atoms with Gasteiger partial charge in [-0.05, 0) is 12.8 Å². The van der Waals surface area contributed by atoms with Crippen LogP contribution >= 0.6 is 0 Å². The lowest BCUT2D eigenvalue weighted by atomic mass is 10.0. The summed E-state index contributed by atoms with van der Waals surface area (Å²) in [5.41, 5.74) is 7.61. The molecule has 0 radical (unpaired) electrons. The highest BCUT2D eigenvalue weighted by atomic mass is 19.1. The van der Waals surface area contributed by atoms with Crippen LogP contribution in [-0.2, 0) is 4.79 Å². The molecule has 0 saturated carbocycles. The van der Waals surface area contributed by atoms with E-state index in [2.05, 4.69) is 15.3 Å². The Bertz CT molecular complexity index is 727. The predicted molar refractivity (Wildman–Crippen MR) is 88.9 cm³/mol. The summed E-state index contributed by atoms with van der Waals surface area (Å²) in [6.07, 6.45) is 4.73. The van der Waals surface area contributed by atoms with Crippen LogP contribution in [0, 0.1) is 11.7 Å². The second-order valence-electron chi connectivity index (χ2n) is 6.37. The van der Waals surface area contributed by atoms with Gasteiger partial charge in [-0.25, -0.2) is 9.37 Å². The van der Waals surface area contributed by atoms with Crippen molar-refractivity contribution in [1.29, 1.82) is 0 Å². The van der Waals surface area contributed by atoms with Gasteiger partial charge in [0.1, 0.15) is 5.65 Å². The summed E-state index contributed by atoms with van der Waals surface area (Å²) in [5, 5.41) is 3.45. The SMILES string of the molecule is CC(C)C(=O)Nc1c[nH]c2ncc(F)c(N3CCCC(N)C3)c12. The lowest BCUT2D eigenvalue weighted by molar-refractivity contribution is -0.118. The smallest absolute Gasteiger partial charge is 0.226 e. The van der Waals surface area contributed by atoms with Crippen molar-refractivity contribution in [3.63, 3.8) is 0 Å². The Morgan fingerprint density at radius 2 is 2.35 bits per heavy atom. The molecule has 6 nitrogen and oxygen atoms in total. The maximum atomic E-state index is 14.5. The van der Waals surface area contributed by atoms with Crippen molar-refractivity contribution in [2.75, 3.05) is 23.3 Å². The van der Waals surface area contributed by atoms with Crippen LogP contribution in [0.3, 0.4) is 0 Å². The molecule has 1 saturated heterocycles. The van der Waals surface area contributed by atoms with Crippen LogP contribution in [-0.4, -0.2) is 35.0 Å². The number of halogens is 1. The highest BCUT2D eigenvalue weighted by Crippen LogP contribution is 2.35. The third-order valence-corrected chi connectivity index (χ3v) is 4.19. The van der Waals surface area contributed by atoms with E-state index in [9.17, 15) is 9.18 Å². The lowest BCUT2D eigenvalue weighted by Gasteiger charge is -2.33. The molecule has 3 rings (SSSR count). The van der Waals surface area contributed by atoms with Crippen LogP contribution in [0.25, 0.3) is 11.0 Å². The lowest BCUT2D eigenvalue weighted by Crippen LogP contribution is -2.43. The quantitative estimate of drug-likeness (QED) is 0.809. The molecule has 1 unspecified atom stereocenters. The fourth-order valence-corrected chi connectivity index (χ4v) is 2.95. The number of nitrogens with one attached hydrogen (secondary N) is 2. The molecule has 1 fully saturated rings. The van der Waals surface area contributed by atoms with Gasteiger partial charge < -0.3 is 20.9 Å². The van der Waals surface area contributed by atoms with Crippen LogP contribution in [0.4, 0.5) is 15.8 Å². The van der Waals surface area contributed by atoms with Gasteiger partial charge in [0, 0.05) is 31.2 Å². The minimum absolute atomic E-state index is 0.0269. The minimum Gasteiger partial charge on any atom is -0.367 e. The van der Waals surface area contributed by atoms with Crippen molar-refractivity contribution in [2.24, 2.45) is 11.7 Å². The number of carbonyl (C=O) groups excluding carboxylic acids is 1. The van der Waals surface area contributed by atoms with Crippen LogP contribution in [0.15, 0.2) is 12.4 Å². The van der Waals surface area contributed by atoms with E-state index in [1.807, 2.05) is 18.7 Å². The molecular weight excluding hydrogens is 297 g/mol. The molecule has 0 spiro atoms. The third kappa shape index (κ3) is 3.01. The maximum Gasteiger partial charge on any atom is 0.226 e. The number of piperidine rings is 1. The number of nitrogens with two attached hydrogens (primary N) is 1. The van der Waals surface area contributed by atoms with Gasteiger partial charge in [0.2, 0.25) is 5.91 Å². The molecule has 2 aromatic heterocycles. The molecule has 7 heteroatoms. The van der Waals surface area contributed by atoms with Gasteiger partial charge in [0.25, 0.3) is 0 Å². The van der Waals surface area contributed by atoms with Gasteiger partial charge in [0.05, 0.1) is 23.0 Å². The summed E-state index contributed by atoms with van der Waals surface area (Å²) in [7, 11) is 0. The Labute approximate surface area is 134 Å². The van der Waals surface area contributed by atoms with Crippen molar-refractivity contribution in [3.05, 3.63) is 18.2 Å². The molecule has 0 aromatic carbocycles. The summed E-state index contributed by atoms with van der Waals surface area (Å²) in [4.78, 5) is 21.0. The third-order valence-electron chi connectivity index (χ3n) is 4.19. The Balaban J connectivity index is 2.06. The largest absolute Gasteiger partial charge is 0.367 e. The first-order valence-electron chi connectivity index (χ1n) is 7.94. The number of fused-ring (bicyclic) bond motifs is 1. The number of H-pyrrole nitrogens is 1. The standard InChI is InChI=1S/C16H22FN5O/c1-9(2)16(23)21-12-7-20-15-13(12)14(11(17)6-19-15)22-5-3-4-10(18)8-22/h6-7,9-10H,3-5,8,18H2,1-2H3,(H,19,20)(H,21,23). The van der Waals surface area contributed by atoms with E-state index in [1.54, 1.807) is 6.20 Å². The second kappa shape index (κ2) is 6.16. The average Bonchev–Trinajstić information content (AvgIpc) is 2.90. The van der Waals surface area contributed by atoms with E-state index in [4.69, 9.17) is 5.73 Å². The molecule has 3 heterocycles. The molecule has 1 amide bonds. The molecule has 0 bridgehead atoms. The van der Waals surface area contributed by atoms with E-state index in [0.29, 0.717) is 29.0 Å². The average molecular weight is 319 g/mol. The molecule has 1 aliphatic heterocycles. The Morgan fingerprint density at radius 3 is 3.04 bits per heavy atom. The Morgan fingerprint density at radius 1 is 1.57 bits per heavy atom. The zero-order valence-electron chi connectivity index (χ0n) is 13.4. The minimum atomic E-state index is -0.397. The van der Waals surface area contributed by atoms with Crippen LogP contribution in [0.2, 0.25) is 0 Å². The Hall–Kier alpha value is -2.15. The second-order valence-corrected chi connectivity index (χ2v) is 6.37. The van der Waals surface area contributed by atoms with E-state index in [0.717, 1.165) is 19.4 Å². The zero-order chi connectivity index (χ0) is 16.6. The van der Waals surface area contributed by atoms with Crippen LogP contribution in [0.5, 0.6) is 0 Å². The number of hydrogen-bond acceptors (Lipinski definition) is 4. The molecule has 23 heavy (non-hydrogen) atoms. The Kier molecular flexibility index (Phi) is 4.21. The topological polar surface area (TPSA) is 87.0 Å². The molecule has 1 atom stereocenters. The summed E-state index contributed by atoms with van der Waals surface area (Å²) in [6, 6.07) is 0.0269. The number of carbonyl (C=O) groups is 1. The fourth-order valence-electron chi connectivity index (χ4n) is 2.95. The monoisotopic (exact) mass is 319 g/mol. The van der Waals surface area contributed by atoms with Gasteiger partial charge in [-0.15, -0.1) is 0 Å². The number of hydrogen-bond donors (Lipinski definition) is 3. The molecule has 2 aromatic rings. The molecular formula is C16H22FN5O. The van der Waals surface area contributed by atoms with Crippen molar-refractivity contribution >= 4 is 28.3 Å². The van der Waals surface area contributed by atoms with Crippen molar-refractivity contribution in [1.82, 2.24) is 9.97 Å². The van der Waals surface area contributed by atoms with Gasteiger partial charge in [-0.3, -0.25) is 4.79 Å².